The molecular weight excluding hydrogens is 290 g/mol. The Morgan fingerprint density at radius 2 is 1.76 bits per heavy atom. The molecule has 5 nitrogen and oxygen atoms in total. The number of imide groups is 1. The van der Waals surface area contributed by atoms with Gasteiger partial charge in [0.25, 0.3) is 11.8 Å². The lowest BCUT2D eigenvalue weighted by atomic mass is 10.1. The molecule has 0 aliphatic carbocycles. The summed E-state index contributed by atoms with van der Waals surface area (Å²) in [5.74, 6) is -0.318. The van der Waals surface area contributed by atoms with Crippen molar-refractivity contribution in [3.8, 4) is 0 Å². The maximum Gasteiger partial charge on any atom is 0.261 e. The second-order valence-corrected chi connectivity index (χ2v) is 5.40. The number of piperazine rings is 1. The molecule has 2 aliphatic rings. The molecule has 114 valence electrons. The molecule has 2 amide bonds. The molecule has 2 aliphatic heterocycles. The van der Waals surface area contributed by atoms with E-state index in [2.05, 4.69) is 17.1 Å². The zero-order chi connectivity index (χ0) is 14.1. The van der Waals surface area contributed by atoms with Crippen molar-refractivity contribution in [3.63, 3.8) is 0 Å². The van der Waals surface area contributed by atoms with Crippen molar-refractivity contribution in [2.24, 2.45) is 0 Å². The Labute approximate surface area is 130 Å². The Hall–Kier alpha value is -1.43. The number of amides is 2. The predicted molar refractivity (Wildman–Crippen MR) is 83.0 cm³/mol. The van der Waals surface area contributed by atoms with Gasteiger partial charge in [0.05, 0.1) is 11.1 Å². The van der Waals surface area contributed by atoms with Crippen LogP contribution in [0.3, 0.4) is 0 Å². The van der Waals surface area contributed by atoms with Gasteiger partial charge in [-0.25, -0.2) is 0 Å². The molecule has 1 aromatic carbocycles. The number of nitrogens with zero attached hydrogens (tertiary/aromatic N) is 2. The fraction of sp³-hybridized carbons (Fsp3) is 0.467. The number of hydrogen-bond donors (Lipinski definition) is 1. The van der Waals surface area contributed by atoms with E-state index in [0.717, 1.165) is 26.2 Å². The van der Waals surface area contributed by atoms with Crippen LogP contribution >= 0.6 is 12.4 Å². The molecule has 1 N–H and O–H groups in total. The van der Waals surface area contributed by atoms with Gasteiger partial charge in [-0.05, 0) is 19.1 Å². The van der Waals surface area contributed by atoms with Gasteiger partial charge in [-0.1, -0.05) is 12.1 Å². The third-order valence-corrected chi connectivity index (χ3v) is 4.13. The second kappa shape index (κ2) is 6.56. The minimum atomic E-state index is -0.159. The van der Waals surface area contributed by atoms with Gasteiger partial charge in [0.2, 0.25) is 0 Å². The van der Waals surface area contributed by atoms with E-state index in [9.17, 15) is 9.59 Å². The maximum absolute atomic E-state index is 12.2. The maximum atomic E-state index is 12.2. The first-order chi connectivity index (χ1) is 9.68. The number of carbonyl (C=O) groups is 2. The molecule has 6 heteroatoms. The van der Waals surface area contributed by atoms with Gasteiger partial charge in [-0.3, -0.25) is 19.4 Å². The van der Waals surface area contributed by atoms with Crippen LogP contribution < -0.4 is 5.32 Å². The van der Waals surface area contributed by atoms with E-state index in [1.165, 1.54) is 4.90 Å². The fourth-order valence-corrected chi connectivity index (χ4v) is 2.89. The fourth-order valence-electron chi connectivity index (χ4n) is 2.89. The highest BCUT2D eigenvalue weighted by atomic mass is 35.5. The molecule has 0 bridgehead atoms. The van der Waals surface area contributed by atoms with E-state index < -0.39 is 0 Å². The lowest BCUT2D eigenvalue weighted by molar-refractivity contribution is 0.0618. The van der Waals surface area contributed by atoms with Crippen LogP contribution in [0.5, 0.6) is 0 Å². The summed E-state index contributed by atoms with van der Waals surface area (Å²) in [6.45, 7) is 6.26. The van der Waals surface area contributed by atoms with Crippen LogP contribution in [0.15, 0.2) is 24.3 Å². The molecule has 1 aromatic rings. The normalized spacial score (nSPS) is 22.1. The third kappa shape index (κ3) is 2.95. The summed E-state index contributed by atoms with van der Waals surface area (Å²) in [5.41, 5.74) is 1.07. The molecule has 2 heterocycles. The van der Waals surface area contributed by atoms with Crippen molar-refractivity contribution < 1.29 is 9.59 Å². The lowest BCUT2D eigenvalue weighted by Crippen LogP contribution is -2.52. The summed E-state index contributed by atoms with van der Waals surface area (Å²) in [7, 11) is 0. The van der Waals surface area contributed by atoms with E-state index in [0.29, 0.717) is 23.7 Å². The smallest absolute Gasteiger partial charge is 0.261 e. The van der Waals surface area contributed by atoms with Crippen LogP contribution in [0.2, 0.25) is 0 Å². The molecular formula is C15H20ClN3O2. The number of halogens is 1. The quantitative estimate of drug-likeness (QED) is 0.846. The zero-order valence-electron chi connectivity index (χ0n) is 12.0. The summed E-state index contributed by atoms with van der Waals surface area (Å²) in [6, 6.07) is 7.49. The Kier molecular flexibility index (Phi) is 4.98. The Morgan fingerprint density at radius 3 is 2.33 bits per heavy atom. The van der Waals surface area contributed by atoms with Crippen molar-refractivity contribution in [2.45, 2.75) is 13.0 Å². The molecule has 3 rings (SSSR count). The number of benzene rings is 1. The van der Waals surface area contributed by atoms with Gasteiger partial charge in [0.1, 0.15) is 0 Å². The molecule has 21 heavy (non-hydrogen) atoms. The predicted octanol–water partition coefficient (Wildman–Crippen LogP) is 0.998. The minimum Gasteiger partial charge on any atom is -0.314 e. The lowest BCUT2D eigenvalue weighted by Gasteiger charge is -2.34. The molecule has 0 aromatic heterocycles. The average molecular weight is 310 g/mol. The van der Waals surface area contributed by atoms with E-state index in [-0.39, 0.29) is 24.2 Å². The molecule has 1 fully saturated rings. The Morgan fingerprint density at radius 1 is 1.14 bits per heavy atom. The van der Waals surface area contributed by atoms with Gasteiger partial charge < -0.3 is 5.32 Å². The minimum absolute atomic E-state index is 0. The van der Waals surface area contributed by atoms with Crippen molar-refractivity contribution >= 4 is 24.2 Å². The molecule has 0 saturated carbocycles. The van der Waals surface area contributed by atoms with Crippen molar-refractivity contribution in [2.75, 3.05) is 32.7 Å². The highest BCUT2D eigenvalue weighted by Gasteiger charge is 2.35. The van der Waals surface area contributed by atoms with Gasteiger partial charge in [0.15, 0.2) is 0 Å². The number of hydrogen-bond acceptors (Lipinski definition) is 4. The Bertz CT molecular complexity index is 514. The molecule has 0 spiro atoms. The first-order valence-corrected chi connectivity index (χ1v) is 7.08. The van der Waals surface area contributed by atoms with Crippen molar-refractivity contribution in [1.29, 1.82) is 0 Å². The summed E-state index contributed by atoms with van der Waals surface area (Å²) in [6.07, 6.45) is 0. The van der Waals surface area contributed by atoms with Gasteiger partial charge in [0, 0.05) is 38.8 Å². The van der Waals surface area contributed by atoms with E-state index in [4.69, 9.17) is 0 Å². The molecule has 1 atom stereocenters. The van der Waals surface area contributed by atoms with Crippen LogP contribution in [-0.2, 0) is 0 Å². The first-order valence-electron chi connectivity index (χ1n) is 7.08. The van der Waals surface area contributed by atoms with Gasteiger partial charge in [-0.2, -0.15) is 0 Å². The highest BCUT2D eigenvalue weighted by molar-refractivity contribution is 6.21. The van der Waals surface area contributed by atoms with Crippen LogP contribution in [0, 0.1) is 0 Å². The number of rotatable bonds is 3. The SMILES string of the molecule is CC1CNCCN1CCN1C(=O)c2ccccc2C1=O.Cl. The Balaban J connectivity index is 0.00000161. The van der Waals surface area contributed by atoms with Crippen LogP contribution in [0.4, 0.5) is 0 Å². The number of fused-ring (bicyclic) bond motifs is 1. The summed E-state index contributed by atoms with van der Waals surface area (Å²) >= 11 is 0. The van der Waals surface area contributed by atoms with Crippen molar-refractivity contribution in [3.05, 3.63) is 35.4 Å². The van der Waals surface area contributed by atoms with E-state index >= 15 is 0 Å². The van der Waals surface area contributed by atoms with E-state index in [1.54, 1.807) is 24.3 Å². The topological polar surface area (TPSA) is 52.6 Å². The monoisotopic (exact) mass is 309 g/mol. The largest absolute Gasteiger partial charge is 0.314 e. The van der Waals surface area contributed by atoms with Crippen LogP contribution in [-0.4, -0.2) is 60.4 Å². The highest BCUT2D eigenvalue weighted by Crippen LogP contribution is 2.22. The molecule has 1 saturated heterocycles. The third-order valence-electron chi connectivity index (χ3n) is 4.13. The summed E-state index contributed by atoms with van der Waals surface area (Å²) < 4.78 is 0. The standard InChI is InChI=1S/C15H19N3O2.ClH/c1-11-10-16-6-7-17(11)8-9-18-14(19)12-4-2-3-5-13(12)15(18)20;/h2-5,11,16H,6-10H2,1H3;1H. The number of nitrogens with one attached hydrogen (secondary N) is 1. The van der Waals surface area contributed by atoms with Gasteiger partial charge in [-0.15, -0.1) is 12.4 Å². The van der Waals surface area contributed by atoms with Crippen molar-refractivity contribution in [1.82, 2.24) is 15.1 Å². The molecule has 0 radical (unpaired) electrons. The first kappa shape index (κ1) is 15.9. The summed E-state index contributed by atoms with van der Waals surface area (Å²) in [4.78, 5) is 28.2. The van der Waals surface area contributed by atoms with E-state index in [1.807, 2.05) is 0 Å². The zero-order valence-corrected chi connectivity index (χ0v) is 12.9. The average Bonchev–Trinajstić information content (AvgIpc) is 2.71. The molecule has 1 unspecified atom stereocenters. The van der Waals surface area contributed by atoms with Gasteiger partial charge >= 0.3 is 0 Å². The summed E-state index contributed by atoms with van der Waals surface area (Å²) in [5, 5.41) is 3.33. The number of carbonyl (C=O) groups excluding carboxylic acids is 2. The second-order valence-electron chi connectivity index (χ2n) is 5.40. The van der Waals surface area contributed by atoms with Crippen LogP contribution in [0.1, 0.15) is 27.6 Å². The van der Waals surface area contributed by atoms with Crippen LogP contribution in [0.25, 0.3) is 0 Å².